The molecule has 0 saturated carbocycles. The quantitative estimate of drug-likeness (QED) is 0.609. The monoisotopic (exact) mass is 364 g/mol. The van der Waals surface area contributed by atoms with Crippen molar-refractivity contribution in [3.63, 3.8) is 0 Å². The maximum Gasteiger partial charge on any atom is 0.223 e. The van der Waals surface area contributed by atoms with Gasteiger partial charge in [-0.2, -0.15) is 0 Å². The first kappa shape index (κ1) is 19.0. The Kier molecular flexibility index (Phi) is 6.17. The molecule has 0 spiro atoms. The Morgan fingerprint density at radius 3 is 2.63 bits per heavy atom. The number of benzene rings is 2. The predicted molar refractivity (Wildman–Crippen MR) is 110 cm³/mol. The van der Waals surface area contributed by atoms with E-state index in [9.17, 15) is 4.79 Å². The van der Waals surface area contributed by atoms with Crippen molar-refractivity contribution < 1.29 is 9.53 Å². The molecule has 0 bridgehead atoms. The van der Waals surface area contributed by atoms with E-state index in [2.05, 4.69) is 42.3 Å². The molecule has 3 rings (SSSR count). The lowest BCUT2D eigenvalue weighted by molar-refractivity contribution is -0.125. The first-order valence-electron chi connectivity index (χ1n) is 9.59. The van der Waals surface area contributed by atoms with E-state index < -0.39 is 0 Å². The number of rotatable bonds is 8. The fraction of sp³-hybridized carbons (Fsp3) is 0.348. The number of carbonyl (C=O) groups excluding carboxylic acids is 1. The second kappa shape index (κ2) is 8.76. The maximum atomic E-state index is 12.1. The van der Waals surface area contributed by atoms with Crippen LogP contribution in [0.25, 0.3) is 10.9 Å². The fourth-order valence-corrected chi connectivity index (χ4v) is 2.98. The van der Waals surface area contributed by atoms with E-state index >= 15 is 0 Å². The molecule has 1 amide bonds. The van der Waals surface area contributed by atoms with Crippen molar-refractivity contribution in [3.05, 3.63) is 65.9 Å². The lowest BCUT2D eigenvalue weighted by Gasteiger charge is -2.15. The topological polar surface area (TPSA) is 54.1 Å². The number of aromatic amines is 1. The predicted octanol–water partition coefficient (Wildman–Crippen LogP) is 4.70. The summed E-state index contributed by atoms with van der Waals surface area (Å²) in [5, 5.41) is 4.19. The lowest BCUT2D eigenvalue weighted by Crippen LogP contribution is -2.33. The molecule has 0 saturated heterocycles. The molecule has 0 aliphatic heterocycles. The summed E-state index contributed by atoms with van der Waals surface area (Å²) in [7, 11) is 0. The van der Waals surface area contributed by atoms with Crippen LogP contribution in [0, 0.1) is 11.8 Å². The van der Waals surface area contributed by atoms with Gasteiger partial charge in [0.25, 0.3) is 0 Å². The first-order valence-corrected chi connectivity index (χ1v) is 9.59. The van der Waals surface area contributed by atoms with Crippen LogP contribution in [0.3, 0.4) is 0 Å². The van der Waals surface area contributed by atoms with Gasteiger partial charge in [-0.25, -0.2) is 0 Å². The number of hydrogen-bond acceptors (Lipinski definition) is 2. The zero-order valence-corrected chi connectivity index (χ0v) is 16.3. The zero-order valence-electron chi connectivity index (χ0n) is 16.3. The molecule has 4 nitrogen and oxygen atoms in total. The third-order valence-electron chi connectivity index (χ3n) is 5.09. The van der Waals surface area contributed by atoms with E-state index in [1.807, 2.05) is 43.5 Å². The van der Waals surface area contributed by atoms with E-state index in [1.165, 1.54) is 5.56 Å². The van der Waals surface area contributed by atoms with Crippen LogP contribution < -0.4 is 10.1 Å². The standard InChI is InChI=1S/C23H28N2O2/c1-16(2)17(3)23(26)24-12-11-19-14-25-22-10-9-20(13-21(19)22)27-15-18-7-5-4-6-8-18/h4-10,13-14,16-17,25H,11-12,15H2,1-3H3,(H,24,26). The van der Waals surface area contributed by atoms with Gasteiger partial charge in [0.05, 0.1) is 0 Å². The van der Waals surface area contributed by atoms with Gasteiger partial charge in [0.15, 0.2) is 0 Å². The molecule has 0 aliphatic rings. The van der Waals surface area contributed by atoms with Gasteiger partial charge in [0, 0.05) is 29.6 Å². The van der Waals surface area contributed by atoms with Crippen molar-refractivity contribution >= 4 is 16.8 Å². The zero-order chi connectivity index (χ0) is 19.2. The summed E-state index contributed by atoms with van der Waals surface area (Å²) >= 11 is 0. The molecule has 2 aromatic carbocycles. The Balaban J connectivity index is 1.62. The molecule has 1 atom stereocenters. The lowest BCUT2D eigenvalue weighted by atomic mass is 9.97. The average molecular weight is 364 g/mol. The van der Waals surface area contributed by atoms with Crippen LogP contribution in [0.15, 0.2) is 54.7 Å². The highest BCUT2D eigenvalue weighted by molar-refractivity contribution is 5.84. The van der Waals surface area contributed by atoms with Gasteiger partial charge >= 0.3 is 0 Å². The van der Waals surface area contributed by atoms with Crippen molar-refractivity contribution in [2.75, 3.05) is 6.54 Å². The molecule has 0 radical (unpaired) electrons. The summed E-state index contributed by atoms with van der Waals surface area (Å²) < 4.78 is 5.94. The summed E-state index contributed by atoms with van der Waals surface area (Å²) in [5.74, 6) is 1.36. The van der Waals surface area contributed by atoms with Gasteiger partial charge in [0.1, 0.15) is 12.4 Å². The summed E-state index contributed by atoms with van der Waals surface area (Å²) in [6.45, 7) is 7.30. The fourth-order valence-electron chi connectivity index (χ4n) is 2.98. The first-order chi connectivity index (χ1) is 13.0. The van der Waals surface area contributed by atoms with Crippen LogP contribution in [0.5, 0.6) is 5.75 Å². The van der Waals surface area contributed by atoms with E-state index in [0.717, 1.165) is 28.6 Å². The molecule has 0 aliphatic carbocycles. The normalized spacial score (nSPS) is 12.3. The van der Waals surface area contributed by atoms with Gasteiger partial charge in [-0.05, 0) is 41.7 Å². The minimum absolute atomic E-state index is 0.0333. The van der Waals surface area contributed by atoms with E-state index in [0.29, 0.717) is 19.1 Å². The SMILES string of the molecule is CC(C)C(C)C(=O)NCCc1c[nH]c2ccc(OCc3ccccc3)cc12. The Hall–Kier alpha value is -2.75. The van der Waals surface area contributed by atoms with Gasteiger partial charge in [-0.15, -0.1) is 0 Å². The Labute approximate surface area is 160 Å². The highest BCUT2D eigenvalue weighted by Gasteiger charge is 2.16. The second-order valence-electron chi connectivity index (χ2n) is 7.37. The highest BCUT2D eigenvalue weighted by atomic mass is 16.5. The molecule has 1 unspecified atom stereocenters. The molecule has 142 valence electrons. The number of fused-ring (bicyclic) bond motifs is 1. The minimum Gasteiger partial charge on any atom is -0.489 e. The smallest absolute Gasteiger partial charge is 0.223 e. The summed E-state index contributed by atoms with van der Waals surface area (Å²) in [6, 6.07) is 16.2. The van der Waals surface area contributed by atoms with E-state index in [1.54, 1.807) is 0 Å². The van der Waals surface area contributed by atoms with Crippen LogP contribution in [-0.4, -0.2) is 17.4 Å². The molecule has 1 aromatic heterocycles. The molecule has 0 fully saturated rings. The summed E-state index contributed by atoms with van der Waals surface area (Å²) in [5.41, 5.74) is 3.42. The van der Waals surface area contributed by atoms with Crippen LogP contribution in [0.4, 0.5) is 0 Å². The van der Waals surface area contributed by atoms with Gasteiger partial charge in [0.2, 0.25) is 5.91 Å². The Bertz CT molecular complexity index is 884. The summed E-state index contributed by atoms with van der Waals surface area (Å²) in [4.78, 5) is 15.4. The van der Waals surface area contributed by atoms with Crippen molar-refractivity contribution in [2.45, 2.75) is 33.8 Å². The number of hydrogen-bond donors (Lipinski definition) is 2. The highest BCUT2D eigenvalue weighted by Crippen LogP contribution is 2.24. The Morgan fingerprint density at radius 2 is 1.89 bits per heavy atom. The summed E-state index contributed by atoms with van der Waals surface area (Å²) in [6.07, 6.45) is 2.81. The number of amides is 1. The average Bonchev–Trinajstić information content (AvgIpc) is 3.08. The van der Waals surface area contributed by atoms with Crippen molar-refractivity contribution in [2.24, 2.45) is 11.8 Å². The molecular formula is C23H28N2O2. The minimum atomic E-state index is 0.0333. The van der Waals surface area contributed by atoms with Gasteiger partial charge in [-0.3, -0.25) is 4.79 Å². The van der Waals surface area contributed by atoms with Crippen molar-refractivity contribution in [3.8, 4) is 5.75 Å². The van der Waals surface area contributed by atoms with Crippen LogP contribution >= 0.6 is 0 Å². The molecule has 1 heterocycles. The Morgan fingerprint density at radius 1 is 1.11 bits per heavy atom. The van der Waals surface area contributed by atoms with Crippen LogP contribution in [0.1, 0.15) is 31.9 Å². The molecular weight excluding hydrogens is 336 g/mol. The third-order valence-corrected chi connectivity index (χ3v) is 5.09. The molecule has 2 N–H and O–H groups in total. The molecule has 3 aromatic rings. The molecule has 4 heteroatoms. The molecule has 27 heavy (non-hydrogen) atoms. The van der Waals surface area contributed by atoms with Crippen LogP contribution in [-0.2, 0) is 17.8 Å². The van der Waals surface area contributed by atoms with Crippen molar-refractivity contribution in [1.29, 1.82) is 0 Å². The van der Waals surface area contributed by atoms with Gasteiger partial charge < -0.3 is 15.0 Å². The second-order valence-corrected chi connectivity index (χ2v) is 7.37. The third kappa shape index (κ3) is 4.91. The van der Waals surface area contributed by atoms with Crippen molar-refractivity contribution in [1.82, 2.24) is 10.3 Å². The number of carbonyl (C=O) groups is 1. The number of H-pyrrole nitrogens is 1. The largest absolute Gasteiger partial charge is 0.489 e. The van der Waals surface area contributed by atoms with E-state index in [4.69, 9.17) is 4.74 Å². The number of ether oxygens (including phenoxy) is 1. The van der Waals surface area contributed by atoms with E-state index in [-0.39, 0.29) is 11.8 Å². The van der Waals surface area contributed by atoms with Crippen LogP contribution in [0.2, 0.25) is 0 Å². The van der Waals surface area contributed by atoms with Gasteiger partial charge in [-0.1, -0.05) is 51.1 Å². The number of aromatic nitrogens is 1. The maximum absolute atomic E-state index is 12.1. The number of nitrogens with one attached hydrogen (secondary N) is 2.